The summed E-state index contributed by atoms with van der Waals surface area (Å²) in [6.07, 6.45) is 4.15. The van der Waals surface area contributed by atoms with Crippen molar-refractivity contribution in [2.45, 2.75) is 19.4 Å². The predicted octanol–water partition coefficient (Wildman–Crippen LogP) is 5.77. The summed E-state index contributed by atoms with van der Waals surface area (Å²) in [5, 5.41) is 14.9. The Balaban J connectivity index is 2.06. The Morgan fingerprint density at radius 3 is 2.73 bits per heavy atom. The Bertz CT molecular complexity index is 887. The second-order valence-corrected chi connectivity index (χ2v) is 7.88. The molecule has 3 rings (SSSR count). The van der Waals surface area contributed by atoms with Crippen LogP contribution in [-0.2, 0) is 0 Å². The lowest BCUT2D eigenvalue weighted by Crippen LogP contribution is -2.32. The van der Waals surface area contributed by atoms with Crippen LogP contribution in [0.2, 0.25) is 0 Å². The van der Waals surface area contributed by atoms with E-state index < -0.39 is 0 Å². The van der Waals surface area contributed by atoms with Crippen LogP contribution >= 0.6 is 11.8 Å². The summed E-state index contributed by atoms with van der Waals surface area (Å²) in [5.41, 5.74) is 4.92. The van der Waals surface area contributed by atoms with Crippen LogP contribution in [0.1, 0.15) is 19.4 Å². The molecule has 0 saturated heterocycles. The fourth-order valence-electron chi connectivity index (χ4n) is 3.23. The molecule has 2 aromatic carbocycles. The topological polar surface area (TPSA) is 55.2 Å². The van der Waals surface area contributed by atoms with Crippen LogP contribution in [0.4, 0.5) is 11.4 Å². The molecule has 0 atom stereocenters. The van der Waals surface area contributed by atoms with Gasteiger partial charge in [0.25, 0.3) is 5.69 Å². The normalized spacial score (nSPS) is 14.8. The van der Waals surface area contributed by atoms with Gasteiger partial charge in [-0.15, -0.1) is 6.58 Å². The molecule has 0 bridgehead atoms. The van der Waals surface area contributed by atoms with E-state index in [2.05, 4.69) is 37.9 Å². The van der Waals surface area contributed by atoms with Crippen molar-refractivity contribution in [3.63, 3.8) is 0 Å². The number of nitro groups is 1. The van der Waals surface area contributed by atoms with Crippen molar-refractivity contribution in [1.29, 1.82) is 0 Å². The van der Waals surface area contributed by atoms with Crippen LogP contribution in [0.5, 0.6) is 0 Å². The Hall–Kier alpha value is -2.53. The first-order valence-corrected chi connectivity index (χ1v) is 9.63. The van der Waals surface area contributed by atoms with E-state index in [1.165, 1.54) is 5.57 Å². The molecule has 1 N–H and O–H groups in total. The largest absolute Gasteiger partial charge is 0.376 e. The molecule has 1 aliphatic rings. The highest BCUT2D eigenvalue weighted by molar-refractivity contribution is 7.99. The van der Waals surface area contributed by atoms with Gasteiger partial charge in [-0.25, -0.2) is 0 Å². The maximum atomic E-state index is 11.4. The number of para-hydroxylation sites is 1. The highest BCUT2D eigenvalue weighted by Crippen LogP contribution is 2.39. The molecule has 0 fully saturated rings. The zero-order valence-corrected chi connectivity index (χ0v) is 15.8. The highest BCUT2D eigenvalue weighted by atomic mass is 32.2. The quantitative estimate of drug-likeness (QED) is 0.305. The predicted molar refractivity (Wildman–Crippen MR) is 112 cm³/mol. The number of hydrogen-bond donors (Lipinski definition) is 1. The Morgan fingerprint density at radius 2 is 2.00 bits per heavy atom. The van der Waals surface area contributed by atoms with Gasteiger partial charge in [-0.2, -0.15) is 11.8 Å². The van der Waals surface area contributed by atoms with Gasteiger partial charge < -0.3 is 5.32 Å². The number of anilines is 1. The molecule has 26 heavy (non-hydrogen) atoms. The second kappa shape index (κ2) is 7.38. The van der Waals surface area contributed by atoms with E-state index in [4.69, 9.17) is 0 Å². The molecule has 0 aromatic heterocycles. The zero-order chi connectivity index (χ0) is 18.7. The van der Waals surface area contributed by atoms with E-state index in [1.54, 1.807) is 18.2 Å². The van der Waals surface area contributed by atoms with E-state index >= 15 is 0 Å². The van der Waals surface area contributed by atoms with Gasteiger partial charge in [0.05, 0.1) is 16.0 Å². The van der Waals surface area contributed by atoms with Gasteiger partial charge in [0.2, 0.25) is 0 Å². The lowest BCUT2D eigenvalue weighted by atomic mass is 9.89. The maximum absolute atomic E-state index is 11.4. The first-order valence-electron chi connectivity index (χ1n) is 8.48. The first-order chi connectivity index (χ1) is 12.4. The van der Waals surface area contributed by atoms with Crippen molar-refractivity contribution in [3.8, 4) is 11.1 Å². The van der Waals surface area contributed by atoms with Gasteiger partial charge in [-0.1, -0.05) is 30.4 Å². The number of nitrogens with one attached hydrogen (secondary N) is 1. The molecule has 0 radical (unpaired) electrons. The number of thioether (sulfide) groups is 1. The van der Waals surface area contributed by atoms with Crippen LogP contribution in [0, 0.1) is 10.1 Å². The van der Waals surface area contributed by atoms with Crippen molar-refractivity contribution in [1.82, 2.24) is 0 Å². The number of fused-ring (bicyclic) bond motifs is 1. The zero-order valence-electron chi connectivity index (χ0n) is 15.0. The highest BCUT2D eigenvalue weighted by Gasteiger charge is 2.25. The second-order valence-electron chi connectivity index (χ2n) is 6.85. The first kappa shape index (κ1) is 18.3. The Kier molecular flexibility index (Phi) is 5.18. The van der Waals surface area contributed by atoms with Gasteiger partial charge in [0, 0.05) is 28.8 Å². The van der Waals surface area contributed by atoms with Gasteiger partial charge in [-0.3, -0.25) is 10.1 Å². The number of rotatable bonds is 6. The van der Waals surface area contributed by atoms with E-state index in [1.807, 2.05) is 36.0 Å². The minimum Gasteiger partial charge on any atom is -0.376 e. The summed E-state index contributed by atoms with van der Waals surface area (Å²) in [6.45, 7) is 8.07. The summed E-state index contributed by atoms with van der Waals surface area (Å²) in [4.78, 5) is 11.1. The van der Waals surface area contributed by atoms with Crippen molar-refractivity contribution >= 4 is 28.7 Å². The van der Waals surface area contributed by atoms with Crippen LogP contribution in [0.25, 0.3) is 16.7 Å². The molecular formula is C21H22N2O2S. The molecule has 4 nitrogen and oxygen atoms in total. The lowest BCUT2D eigenvalue weighted by molar-refractivity contribution is -0.384. The molecule has 0 unspecified atom stereocenters. The number of hydrogen-bond acceptors (Lipinski definition) is 4. The monoisotopic (exact) mass is 366 g/mol. The smallest absolute Gasteiger partial charge is 0.277 e. The van der Waals surface area contributed by atoms with Crippen molar-refractivity contribution in [2.75, 3.05) is 16.8 Å². The number of nitro benzene ring substituents is 1. The number of nitrogens with zero attached hydrogens (tertiary/aromatic N) is 1. The molecule has 1 aliphatic heterocycles. The summed E-state index contributed by atoms with van der Waals surface area (Å²) in [5.74, 6) is 1.77. The minimum atomic E-state index is -0.327. The van der Waals surface area contributed by atoms with Crippen molar-refractivity contribution in [2.24, 2.45) is 0 Å². The molecule has 5 heteroatoms. The molecule has 0 aliphatic carbocycles. The third-order valence-electron chi connectivity index (χ3n) is 4.26. The summed E-state index contributed by atoms with van der Waals surface area (Å²) in [7, 11) is 0. The molecule has 0 saturated carbocycles. The number of benzene rings is 2. The molecule has 0 spiro atoms. The fraction of sp³-hybridized carbons (Fsp3) is 0.238. The van der Waals surface area contributed by atoms with Crippen LogP contribution in [-0.4, -0.2) is 22.0 Å². The van der Waals surface area contributed by atoms with Gasteiger partial charge in [0.15, 0.2) is 0 Å². The molecule has 0 amide bonds. The molecule has 2 aromatic rings. The van der Waals surface area contributed by atoms with Crippen LogP contribution in [0.3, 0.4) is 0 Å². The summed E-state index contributed by atoms with van der Waals surface area (Å²) >= 11 is 1.81. The van der Waals surface area contributed by atoms with Crippen LogP contribution in [0.15, 0.2) is 61.2 Å². The van der Waals surface area contributed by atoms with Crippen molar-refractivity contribution in [3.05, 3.63) is 76.9 Å². The summed E-state index contributed by atoms with van der Waals surface area (Å²) in [6, 6.07) is 12.9. The van der Waals surface area contributed by atoms with Gasteiger partial charge in [-0.05, 0) is 43.2 Å². The molecular weight excluding hydrogens is 344 g/mol. The maximum Gasteiger partial charge on any atom is 0.277 e. The van der Waals surface area contributed by atoms with E-state index in [0.717, 1.165) is 28.3 Å². The molecule has 1 heterocycles. The van der Waals surface area contributed by atoms with E-state index in [-0.39, 0.29) is 16.1 Å². The van der Waals surface area contributed by atoms with Gasteiger partial charge >= 0.3 is 0 Å². The standard InChI is InChI=1S/C21H22N2O2S/c1-4-11-26-14-16-13-21(2,3)22-19-10-9-15(12-18(16)19)17-7-5-6-8-20(17)23(24)25/h4-10,12-13,22H,1,11,14H2,2-3H3. The van der Waals surface area contributed by atoms with Crippen molar-refractivity contribution < 1.29 is 4.92 Å². The van der Waals surface area contributed by atoms with Crippen LogP contribution < -0.4 is 5.32 Å². The third-order valence-corrected chi connectivity index (χ3v) is 5.25. The lowest BCUT2D eigenvalue weighted by Gasteiger charge is -2.32. The van der Waals surface area contributed by atoms with Gasteiger partial charge in [0.1, 0.15) is 0 Å². The Morgan fingerprint density at radius 1 is 1.23 bits per heavy atom. The summed E-state index contributed by atoms with van der Waals surface area (Å²) < 4.78 is 0. The SMILES string of the molecule is C=CCSCC1=CC(C)(C)Nc2ccc(-c3ccccc3[N+](=O)[O-])cc21. The average Bonchev–Trinajstić information content (AvgIpc) is 2.60. The fourth-order valence-corrected chi connectivity index (χ4v) is 3.97. The average molecular weight is 366 g/mol. The third kappa shape index (κ3) is 3.83. The Labute approximate surface area is 158 Å². The van der Waals surface area contributed by atoms with E-state index in [9.17, 15) is 10.1 Å². The minimum absolute atomic E-state index is 0.128. The molecule has 134 valence electrons. The van der Waals surface area contributed by atoms with E-state index in [0.29, 0.717) is 5.56 Å².